The highest BCUT2D eigenvalue weighted by molar-refractivity contribution is 7.84. The topological polar surface area (TPSA) is 607 Å². The van der Waals surface area contributed by atoms with Crippen LogP contribution in [-0.2, 0) is 102 Å². The first-order valence-corrected chi connectivity index (χ1v) is 43.7. The van der Waals surface area contributed by atoms with Crippen molar-refractivity contribution in [1.29, 1.82) is 0 Å². The van der Waals surface area contributed by atoms with Crippen molar-refractivity contribution >= 4 is 169 Å². The van der Waals surface area contributed by atoms with Gasteiger partial charge in [0.1, 0.15) is 78.5 Å². The van der Waals surface area contributed by atoms with Crippen LogP contribution >= 0.6 is 50.5 Å². The molecule has 0 saturated carbocycles. The number of carboxylic acid groups (broad SMARTS) is 1. The molecule has 0 aliphatic carbocycles. The average molecular weight is 1830 g/mol. The number of hydrogen-bond acceptors (Lipinski definition) is 25. The van der Waals surface area contributed by atoms with Crippen LogP contribution in [0.5, 0.6) is 0 Å². The normalized spacial score (nSPS) is 15.6. The molecule has 45 heteroatoms. The summed E-state index contributed by atoms with van der Waals surface area (Å²) in [7, 11) is 0. The Balaban J connectivity index is 2.01. The highest BCUT2D eigenvalue weighted by Crippen LogP contribution is 2.22. The highest BCUT2D eigenvalue weighted by Gasteiger charge is 2.41. The van der Waals surface area contributed by atoms with Gasteiger partial charge < -0.3 is 111 Å². The van der Waals surface area contributed by atoms with E-state index in [0.717, 1.165) is 0 Å². The quantitative estimate of drug-likeness (QED) is 0.0219. The van der Waals surface area contributed by atoms with Crippen molar-refractivity contribution in [3.8, 4) is 0 Å². The molecule has 1 aliphatic heterocycles. The first-order chi connectivity index (χ1) is 58.8. The molecule has 1 aromatic carbocycles. The van der Waals surface area contributed by atoms with Crippen LogP contribution in [0.15, 0.2) is 54.2 Å². The van der Waals surface area contributed by atoms with Crippen LogP contribution in [0.1, 0.15) is 159 Å². The number of thiol groups is 4. The molecule has 698 valence electrons. The first-order valence-electron chi connectivity index (χ1n) is 41.4. The molecule has 0 radical (unpaired) electrons. The van der Waals surface area contributed by atoms with Crippen LogP contribution in [0.4, 0.5) is 0 Å². The second-order valence-corrected chi connectivity index (χ2v) is 32.7. The molecule has 0 spiro atoms. The van der Waals surface area contributed by atoms with E-state index in [1.165, 1.54) is 11.8 Å². The zero-order valence-corrected chi connectivity index (χ0v) is 76.3. The third kappa shape index (κ3) is 39.7. The number of carbonyl (C=O) groups is 20. The summed E-state index contributed by atoms with van der Waals surface area (Å²) in [4.78, 5) is 269. The SMILES string of the molecule is C=C(S)NC(=O)[C@@H](NC(=O)[C@H](CS)NC(=O)[C@H](CCC(=O)O)NC(=O)C(=C)NC(=O)[C@H](CC)NC(=O)[C@H](CC(C)C)NC(=O)[C@@H](CC)NC(=O)[C@H](CS)NC(=O)[C@@H](NC(=O)CNC(=O)CNC(=O)CNC(=O)CNC(=O)[C@@H]1CCCN1C(=O)[C@H](CC(C)C)NC(=O)[C@@H](CC)NC(=O)[C@H](Cc1ccccc1)NC(=O)[C@@H](CC)NC(=O)[C@@H](N)CS)C(C)C)[C@@H](C)CC. The summed E-state index contributed by atoms with van der Waals surface area (Å²) in [5, 5.41) is 54.1. The summed E-state index contributed by atoms with van der Waals surface area (Å²) in [5.41, 5.74) is 5.84. The van der Waals surface area contributed by atoms with Gasteiger partial charge in [0.2, 0.25) is 106 Å². The second-order valence-electron chi connectivity index (χ2n) is 31.0. The van der Waals surface area contributed by atoms with Crippen LogP contribution in [0.3, 0.4) is 0 Å². The van der Waals surface area contributed by atoms with Gasteiger partial charge in [0, 0.05) is 36.6 Å². The molecule has 0 aromatic heterocycles. The Morgan fingerprint density at radius 2 is 0.848 bits per heavy atom. The first kappa shape index (κ1) is 111. The lowest BCUT2D eigenvalue weighted by Crippen LogP contribution is -2.60. The third-order valence-electron chi connectivity index (χ3n) is 19.7. The standard InChI is InChI=1S/C80H128N20O21S4/c1-15-43(12)65(79(120)87-45(14)125)99-76(117)57(39-124)96-72(113)52(27-28-63(105)106)92-66(107)44(13)86-68(109)48(16-2)89-73(114)53(30-40(6)7)93-70(111)50(18-4)91-75(116)56(38-123)97-78(119)64(42(10)11)98-62(104)36-84-60(102)34-82-59(101)33-83-61(103)35-85-77(118)58-26-23-29-100(58)80(121)55(31-41(8)9)95-71(112)51(19-5)90-74(115)54(32-46-24-21-20-22-25-46)94-69(110)49(17-3)88-67(108)47(81)37-122/h20-22,24-25,40-43,47-58,64-65,122-125H,13-19,23,26-39,81H2,1-12H3,(H,82,101)(H,83,103)(H,84,102)(H,85,118)(H,86,109)(H,87,120)(H,88,108)(H,89,114)(H,90,115)(H,91,116)(H,92,107)(H,93,111)(H,94,110)(H,95,112)(H,96,113)(H,97,119)(H,98,104)(H,99,117)(H,105,106)/t43-,47-,48-,49+,50+,51+,52-,53-,54-,55-,56-,57-,58-,64-,65-/m0/s1. The van der Waals surface area contributed by atoms with Crippen molar-refractivity contribution in [2.75, 3.05) is 50.0 Å². The monoisotopic (exact) mass is 1830 g/mol. The number of benzene rings is 1. The summed E-state index contributed by atoms with van der Waals surface area (Å²) in [6.07, 6.45) is 0.0812. The van der Waals surface area contributed by atoms with E-state index in [0.29, 0.717) is 18.4 Å². The van der Waals surface area contributed by atoms with Crippen LogP contribution in [0.2, 0.25) is 0 Å². The summed E-state index contributed by atoms with van der Waals surface area (Å²) in [6, 6.07) is -8.87. The predicted molar refractivity (Wildman–Crippen MR) is 474 cm³/mol. The van der Waals surface area contributed by atoms with E-state index in [1.807, 2.05) is 13.8 Å². The molecule has 21 N–H and O–H groups in total. The summed E-state index contributed by atoms with van der Waals surface area (Å²) >= 11 is 16.4. The van der Waals surface area contributed by atoms with Gasteiger partial charge in [0.15, 0.2) is 0 Å². The smallest absolute Gasteiger partial charge is 0.303 e. The molecule has 15 atom stereocenters. The van der Waals surface area contributed by atoms with Gasteiger partial charge in [-0.05, 0) is 87.0 Å². The second kappa shape index (κ2) is 57.1. The van der Waals surface area contributed by atoms with Gasteiger partial charge in [-0.1, -0.05) is 133 Å². The van der Waals surface area contributed by atoms with Crippen molar-refractivity contribution in [2.24, 2.45) is 29.4 Å². The van der Waals surface area contributed by atoms with Crippen LogP contribution in [0.25, 0.3) is 0 Å². The Morgan fingerprint density at radius 1 is 0.440 bits per heavy atom. The third-order valence-corrected chi connectivity index (χ3v) is 20.9. The number of likely N-dealkylation sites (tertiary alicyclic amines) is 1. The summed E-state index contributed by atoms with van der Waals surface area (Å²) < 4.78 is 0. The number of carbonyl (C=O) groups excluding carboxylic acids is 19. The Labute approximate surface area is 750 Å². The van der Waals surface area contributed by atoms with E-state index in [9.17, 15) is 101 Å². The Kier molecular flexibility index (Phi) is 50.5. The summed E-state index contributed by atoms with van der Waals surface area (Å²) in [6.45, 7) is 24.6. The van der Waals surface area contributed by atoms with Crippen molar-refractivity contribution in [3.05, 3.63) is 59.8 Å². The molecular weight excluding hydrogens is 1710 g/mol. The van der Waals surface area contributed by atoms with Crippen molar-refractivity contribution < 1.29 is 101 Å². The molecule has 0 bridgehead atoms. The van der Waals surface area contributed by atoms with Gasteiger partial charge >= 0.3 is 5.97 Å². The molecule has 19 amide bonds. The molecule has 0 unspecified atom stereocenters. The lowest BCUT2D eigenvalue weighted by atomic mass is 9.98. The molecule has 1 aromatic rings. The zero-order chi connectivity index (χ0) is 94.7. The molecule has 125 heavy (non-hydrogen) atoms. The van der Waals surface area contributed by atoms with E-state index >= 15 is 0 Å². The maximum absolute atomic E-state index is 14.3. The molecule has 2 rings (SSSR count). The maximum Gasteiger partial charge on any atom is 0.303 e. The number of nitrogens with zero attached hydrogens (tertiary/aromatic N) is 1. The molecule has 1 aliphatic rings. The maximum atomic E-state index is 14.3. The number of rotatable bonds is 56. The van der Waals surface area contributed by atoms with E-state index < -0.39 is 259 Å². The summed E-state index contributed by atoms with van der Waals surface area (Å²) in [5.74, 6) is -19.0. The van der Waals surface area contributed by atoms with E-state index in [1.54, 1.807) is 92.6 Å². The van der Waals surface area contributed by atoms with Gasteiger partial charge in [0.25, 0.3) is 5.91 Å². The number of nitrogens with two attached hydrogens (primary N) is 1. The Morgan fingerprint density at radius 3 is 1.31 bits per heavy atom. The van der Waals surface area contributed by atoms with Crippen molar-refractivity contribution in [2.45, 2.75) is 245 Å². The average Bonchev–Trinajstić information content (AvgIpc) is 1.69. The van der Waals surface area contributed by atoms with Gasteiger partial charge in [-0.2, -0.15) is 37.9 Å². The van der Waals surface area contributed by atoms with Gasteiger partial charge in [-0.15, -0.1) is 12.6 Å². The van der Waals surface area contributed by atoms with Gasteiger partial charge in [0.05, 0.1) is 42.9 Å². The van der Waals surface area contributed by atoms with E-state index in [4.69, 9.17) is 5.73 Å². The van der Waals surface area contributed by atoms with Crippen LogP contribution in [0, 0.1) is 23.7 Å². The zero-order valence-electron chi connectivity index (χ0n) is 72.8. The lowest BCUT2D eigenvalue weighted by Gasteiger charge is -2.30. The minimum Gasteiger partial charge on any atom is -0.481 e. The van der Waals surface area contributed by atoms with Gasteiger partial charge in [-0.25, -0.2) is 0 Å². The molecule has 41 nitrogen and oxygen atoms in total. The van der Waals surface area contributed by atoms with E-state index in [2.05, 4.69) is 159 Å². The number of aliphatic carboxylic acids is 1. The Bertz CT molecular complexity index is 3960. The molecular formula is C80H128N20O21S4. The fourth-order valence-electron chi connectivity index (χ4n) is 12.3. The number of hydrogen-bond donors (Lipinski definition) is 24. The van der Waals surface area contributed by atoms with Crippen molar-refractivity contribution in [1.82, 2.24) is 101 Å². The minimum atomic E-state index is -1.63. The predicted octanol–water partition coefficient (Wildman–Crippen LogP) is -3.93. The number of carboxylic acids is 1. The Hall–Kier alpha value is -10.5. The molecule has 1 saturated heterocycles. The fourth-order valence-corrected chi connectivity index (χ4v) is 13.1. The number of amides is 19. The van der Waals surface area contributed by atoms with Crippen LogP contribution < -0.4 is 101 Å². The minimum absolute atomic E-state index is 0.00180. The lowest BCUT2D eigenvalue weighted by molar-refractivity contribution is -0.142. The molecule has 1 fully saturated rings. The van der Waals surface area contributed by atoms with Gasteiger partial charge in [-0.3, -0.25) is 95.9 Å². The fraction of sp³-hybridized carbons (Fsp3) is 0.625. The largest absolute Gasteiger partial charge is 0.481 e. The van der Waals surface area contributed by atoms with Crippen molar-refractivity contribution in [3.63, 3.8) is 0 Å². The van der Waals surface area contributed by atoms with Crippen LogP contribution in [-0.4, -0.2) is 263 Å². The number of nitrogens with one attached hydrogen (secondary N) is 18. The van der Waals surface area contributed by atoms with E-state index in [-0.39, 0.29) is 92.0 Å². The highest BCUT2D eigenvalue weighted by atomic mass is 32.1. The molecule has 1 heterocycles.